The van der Waals surface area contributed by atoms with Crippen LogP contribution in [0.25, 0.3) is 5.57 Å². The summed E-state index contributed by atoms with van der Waals surface area (Å²) in [5, 5.41) is 0. The maximum atomic E-state index is 5.99. The average Bonchev–Trinajstić information content (AvgIpc) is 2.81. The summed E-state index contributed by atoms with van der Waals surface area (Å²) in [6.45, 7) is 0. The zero-order valence-electron chi connectivity index (χ0n) is 8.89. The molecule has 80 valence electrons. The van der Waals surface area contributed by atoms with Gasteiger partial charge in [0.05, 0.1) is 12.3 Å². The van der Waals surface area contributed by atoms with Gasteiger partial charge in [0.15, 0.2) is 0 Å². The number of fused-ring (bicyclic) bond motifs is 1. The van der Waals surface area contributed by atoms with Gasteiger partial charge < -0.3 is 10.2 Å². The topological polar surface area (TPSA) is 39.2 Å². The van der Waals surface area contributed by atoms with Crippen molar-refractivity contribution in [1.29, 1.82) is 0 Å². The Bertz CT molecular complexity index is 525. The maximum absolute atomic E-state index is 5.99. The second kappa shape index (κ2) is 3.65. The van der Waals surface area contributed by atoms with Gasteiger partial charge in [0, 0.05) is 5.56 Å². The van der Waals surface area contributed by atoms with E-state index < -0.39 is 0 Å². The third-order valence-corrected chi connectivity index (χ3v) is 2.98. The predicted octanol–water partition coefficient (Wildman–Crippen LogP) is 3.11. The van der Waals surface area contributed by atoms with Crippen LogP contribution in [0.2, 0.25) is 0 Å². The lowest BCUT2D eigenvalue weighted by molar-refractivity contribution is 0.463. The Morgan fingerprint density at radius 2 is 1.94 bits per heavy atom. The SMILES string of the molecule is NC1CC=C(c2ccccc2)c2ccoc21. The molecule has 0 saturated heterocycles. The fraction of sp³-hybridized carbons (Fsp3) is 0.143. The Labute approximate surface area is 94.4 Å². The van der Waals surface area contributed by atoms with Crippen molar-refractivity contribution < 1.29 is 4.42 Å². The molecular weight excluding hydrogens is 198 g/mol. The van der Waals surface area contributed by atoms with E-state index in [0.717, 1.165) is 17.7 Å². The van der Waals surface area contributed by atoms with Crippen LogP contribution in [-0.2, 0) is 0 Å². The van der Waals surface area contributed by atoms with Gasteiger partial charge >= 0.3 is 0 Å². The molecule has 1 unspecified atom stereocenters. The quantitative estimate of drug-likeness (QED) is 0.787. The molecule has 1 aromatic carbocycles. The zero-order chi connectivity index (χ0) is 11.0. The van der Waals surface area contributed by atoms with Crippen molar-refractivity contribution in [3.63, 3.8) is 0 Å². The molecule has 2 heteroatoms. The summed E-state index contributed by atoms with van der Waals surface area (Å²) in [5.74, 6) is 0.904. The normalized spacial score (nSPS) is 19.1. The van der Waals surface area contributed by atoms with E-state index in [1.807, 2.05) is 24.3 Å². The predicted molar refractivity (Wildman–Crippen MR) is 63.8 cm³/mol. The molecule has 0 spiro atoms. The molecule has 0 bridgehead atoms. The number of hydrogen-bond donors (Lipinski definition) is 1. The molecule has 1 heterocycles. The fourth-order valence-electron chi connectivity index (χ4n) is 2.18. The summed E-state index contributed by atoms with van der Waals surface area (Å²) in [6.07, 6.45) is 4.75. The Morgan fingerprint density at radius 3 is 2.75 bits per heavy atom. The van der Waals surface area contributed by atoms with Gasteiger partial charge in [-0.1, -0.05) is 36.4 Å². The Balaban J connectivity index is 2.12. The minimum absolute atomic E-state index is 0.00235. The molecule has 1 aliphatic rings. The molecule has 0 fully saturated rings. The smallest absolute Gasteiger partial charge is 0.128 e. The summed E-state index contributed by atoms with van der Waals surface area (Å²) in [7, 11) is 0. The molecule has 16 heavy (non-hydrogen) atoms. The van der Waals surface area contributed by atoms with Gasteiger partial charge in [-0.25, -0.2) is 0 Å². The van der Waals surface area contributed by atoms with Crippen molar-refractivity contribution in [2.75, 3.05) is 0 Å². The van der Waals surface area contributed by atoms with Gasteiger partial charge in [-0.3, -0.25) is 0 Å². The second-order valence-corrected chi connectivity index (χ2v) is 4.02. The molecule has 1 aromatic heterocycles. The van der Waals surface area contributed by atoms with E-state index >= 15 is 0 Å². The molecule has 2 nitrogen and oxygen atoms in total. The summed E-state index contributed by atoms with van der Waals surface area (Å²) in [6, 6.07) is 12.3. The summed E-state index contributed by atoms with van der Waals surface area (Å²) in [5.41, 5.74) is 9.57. The lowest BCUT2D eigenvalue weighted by atomic mass is 9.90. The monoisotopic (exact) mass is 211 g/mol. The van der Waals surface area contributed by atoms with Crippen molar-refractivity contribution in [2.24, 2.45) is 5.73 Å². The van der Waals surface area contributed by atoms with Gasteiger partial charge in [0.25, 0.3) is 0 Å². The van der Waals surface area contributed by atoms with Gasteiger partial charge in [-0.2, -0.15) is 0 Å². The first-order chi connectivity index (χ1) is 7.86. The molecule has 2 N–H and O–H groups in total. The minimum atomic E-state index is -0.00235. The molecule has 2 aromatic rings. The molecule has 0 radical (unpaired) electrons. The lowest BCUT2D eigenvalue weighted by Crippen LogP contribution is -2.13. The third-order valence-electron chi connectivity index (χ3n) is 2.98. The van der Waals surface area contributed by atoms with Crippen LogP contribution in [0.4, 0.5) is 0 Å². The van der Waals surface area contributed by atoms with E-state index in [4.69, 9.17) is 10.2 Å². The number of nitrogens with two attached hydrogens (primary N) is 1. The van der Waals surface area contributed by atoms with Crippen LogP contribution in [0.3, 0.4) is 0 Å². The van der Waals surface area contributed by atoms with Crippen LogP contribution in [0, 0.1) is 0 Å². The van der Waals surface area contributed by atoms with Gasteiger partial charge in [-0.15, -0.1) is 0 Å². The number of rotatable bonds is 1. The van der Waals surface area contributed by atoms with Crippen molar-refractivity contribution in [1.82, 2.24) is 0 Å². The first-order valence-corrected chi connectivity index (χ1v) is 5.45. The maximum Gasteiger partial charge on any atom is 0.128 e. The highest BCUT2D eigenvalue weighted by atomic mass is 16.3. The first kappa shape index (κ1) is 9.43. The highest BCUT2D eigenvalue weighted by Gasteiger charge is 2.22. The van der Waals surface area contributed by atoms with Crippen LogP contribution < -0.4 is 5.73 Å². The number of furan rings is 1. The minimum Gasteiger partial charge on any atom is -0.467 e. The summed E-state index contributed by atoms with van der Waals surface area (Å²) in [4.78, 5) is 0. The molecule has 3 rings (SSSR count). The molecule has 0 amide bonds. The largest absolute Gasteiger partial charge is 0.467 e. The Morgan fingerprint density at radius 1 is 1.12 bits per heavy atom. The second-order valence-electron chi connectivity index (χ2n) is 4.02. The summed E-state index contributed by atoms with van der Waals surface area (Å²) < 4.78 is 5.45. The highest BCUT2D eigenvalue weighted by molar-refractivity contribution is 5.82. The van der Waals surface area contributed by atoms with E-state index in [2.05, 4.69) is 18.2 Å². The third kappa shape index (κ3) is 1.39. The van der Waals surface area contributed by atoms with E-state index in [1.165, 1.54) is 11.1 Å². The molecule has 1 aliphatic carbocycles. The van der Waals surface area contributed by atoms with Gasteiger partial charge in [0.2, 0.25) is 0 Å². The van der Waals surface area contributed by atoms with Crippen LogP contribution in [-0.4, -0.2) is 0 Å². The van der Waals surface area contributed by atoms with Crippen LogP contribution in [0.15, 0.2) is 53.2 Å². The molecule has 1 atom stereocenters. The van der Waals surface area contributed by atoms with Crippen molar-refractivity contribution >= 4 is 5.57 Å². The lowest BCUT2D eigenvalue weighted by Gasteiger charge is -2.18. The van der Waals surface area contributed by atoms with E-state index in [-0.39, 0.29) is 6.04 Å². The first-order valence-electron chi connectivity index (χ1n) is 5.45. The van der Waals surface area contributed by atoms with Gasteiger partial charge in [0.1, 0.15) is 5.76 Å². The Kier molecular flexibility index (Phi) is 2.15. The molecule has 0 saturated carbocycles. The van der Waals surface area contributed by atoms with E-state index in [1.54, 1.807) is 6.26 Å². The number of benzene rings is 1. The summed E-state index contributed by atoms with van der Waals surface area (Å²) >= 11 is 0. The van der Waals surface area contributed by atoms with Crippen LogP contribution in [0.1, 0.15) is 29.3 Å². The molecule has 0 aliphatic heterocycles. The molecular formula is C14H13NO. The standard InChI is InChI=1S/C14H13NO/c15-13-7-6-11(10-4-2-1-3-5-10)12-8-9-16-14(12)13/h1-6,8-9,13H,7,15H2. The highest BCUT2D eigenvalue weighted by Crippen LogP contribution is 2.35. The van der Waals surface area contributed by atoms with Crippen molar-refractivity contribution in [3.05, 3.63) is 65.6 Å². The van der Waals surface area contributed by atoms with Gasteiger partial charge in [-0.05, 0) is 23.6 Å². The number of hydrogen-bond acceptors (Lipinski definition) is 2. The van der Waals surface area contributed by atoms with E-state index in [9.17, 15) is 0 Å². The van der Waals surface area contributed by atoms with Crippen LogP contribution >= 0.6 is 0 Å². The fourth-order valence-corrected chi connectivity index (χ4v) is 2.18. The Hall–Kier alpha value is -1.80. The van der Waals surface area contributed by atoms with Crippen molar-refractivity contribution in [2.45, 2.75) is 12.5 Å². The average molecular weight is 211 g/mol. The van der Waals surface area contributed by atoms with E-state index in [0.29, 0.717) is 0 Å². The van der Waals surface area contributed by atoms with Crippen LogP contribution in [0.5, 0.6) is 0 Å². The zero-order valence-corrected chi connectivity index (χ0v) is 8.89. The van der Waals surface area contributed by atoms with Crippen molar-refractivity contribution in [3.8, 4) is 0 Å².